The molecule has 1 aliphatic heterocycles. The summed E-state index contributed by atoms with van der Waals surface area (Å²) in [6.45, 7) is 1.30. The van der Waals surface area contributed by atoms with Gasteiger partial charge in [0, 0.05) is 23.7 Å². The van der Waals surface area contributed by atoms with Crippen LogP contribution in [0.2, 0.25) is 10.2 Å². The molecule has 0 saturated heterocycles. The number of halogens is 3. The average Bonchev–Trinajstić information content (AvgIpc) is 2.75. The molecule has 2 aromatic rings. The molecule has 98 valence electrons. The Balaban J connectivity index is 1.88. The van der Waals surface area contributed by atoms with Gasteiger partial charge in [-0.05, 0) is 30.2 Å². The first kappa shape index (κ1) is 12.7. The van der Waals surface area contributed by atoms with Crippen molar-refractivity contribution in [1.29, 1.82) is 0 Å². The highest BCUT2D eigenvalue weighted by molar-refractivity contribution is 6.30. The van der Waals surface area contributed by atoms with E-state index in [9.17, 15) is 4.39 Å². The third kappa shape index (κ3) is 2.53. The van der Waals surface area contributed by atoms with Crippen molar-refractivity contribution in [1.82, 2.24) is 4.98 Å². The fraction of sp³-hybridized carbons (Fsp3) is 0.214. The summed E-state index contributed by atoms with van der Waals surface area (Å²) in [7, 11) is 0. The number of benzene rings is 1. The second kappa shape index (κ2) is 4.99. The highest BCUT2D eigenvalue weighted by Gasteiger charge is 2.21. The van der Waals surface area contributed by atoms with Gasteiger partial charge in [-0.2, -0.15) is 0 Å². The van der Waals surface area contributed by atoms with Crippen LogP contribution in [0.4, 0.5) is 10.2 Å². The molecule has 0 spiro atoms. The van der Waals surface area contributed by atoms with Crippen molar-refractivity contribution in [3.05, 3.63) is 57.5 Å². The molecule has 0 saturated carbocycles. The van der Waals surface area contributed by atoms with Crippen LogP contribution < -0.4 is 4.90 Å². The minimum atomic E-state index is -0.289. The molecule has 0 N–H and O–H groups in total. The minimum absolute atomic E-state index is 0.289. The number of hydrogen-bond acceptors (Lipinski definition) is 2. The van der Waals surface area contributed by atoms with Gasteiger partial charge in [0.15, 0.2) is 0 Å². The van der Waals surface area contributed by atoms with E-state index in [1.165, 1.54) is 6.07 Å². The molecule has 0 aliphatic carbocycles. The molecule has 0 amide bonds. The van der Waals surface area contributed by atoms with Crippen LogP contribution in [0.15, 0.2) is 30.3 Å². The lowest BCUT2D eigenvalue weighted by Crippen LogP contribution is -2.21. The first-order valence-electron chi connectivity index (χ1n) is 5.98. The van der Waals surface area contributed by atoms with E-state index in [2.05, 4.69) is 4.98 Å². The Hall–Kier alpha value is -1.32. The summed E-state index contributed by atoms with van der Waals surface area (Å²) in [5.74, 6) is 0.560. The van der Waals surface area contributed by atoms with Crippen molar-refractivity contribution in [3.63, 3.8) is 0 Å². The minimum Gasteiger partial charge on any atom is -0.352 e. The zero-order valence-electron chi connectivity index (χ0n) is 10.0. The molecule has 1 aromatic heterocycles. The van der Waals surface area contributed by atoms with E-state index in [1.807, 2.05) is 11.0 Å². The van der Waals surface area contributed by atoms with Crippen LogP contribution in [-0.4, -0.2) is 11.5 Å². The van der Waals surface area contributed by atoms with E-state index < -0.39 is 0 Å². The van der Waals surface area contributed by atoms with Gasteiger partial charge < -0.3 is 4.90 Å². The third-order valence-electron chi connectivity index (χ3n) is 3.25. The molecule has 0 bridgehead atoms. The summed E-state index contributed by atoms with van der Waals surface area (Å²) < 4.78 is 13.8. The predicted molar refractivity (Wildman–Crippen MR) is 75.4 cm³/mol. The smallest absolute Gasteiger partial charge is 0.133 e. The molecule has 3 rings (SSSR count). The maximum absolute atomic E-state index is 13.8. The van der Waals surface area contributed by atoms with Gasteiger partial charge in [0.2, 0.25) is 0 Å². The number of fused-ring (bicyclic) bond motifs is 1. The Morgan fingerprint density at radius 1 is 1.21 bits per heavy atom. The zero-order chi connectivity index (χ0) is 13.4. The fourth-order valence-electron chi connectivity index (χ4n) is 2.29. The molecule has 0 unspecified atom stereocenters. The maximum atomic E-state index is 13.8. The van der Waals surface area contributed by atoms with Crippen LogP contribution in [0.3, 0.4) is 0 Å². The van der Waals surface area contributed by atoms with Gasteiger partial charge in [0.05, 0.1) is 0 Å². The van der Waals surface area contributed by atoms with Crippen LogP contribution in [-0.2, 0) is 13.0 Å². The van der Waals surface area contributed by atoms with Crippen LogP contribution in [0.25, 0.3) is 0 Å². The van der Waals surface area contributed by atoms with Crippen molar-refractivity contribution < 1.29 is 4.39 Å². The van der Waals surface area contributed by atoms with Gasteiger partial charge in [-0.15, -0.1) is 0 Å². The second-order valence-corrected chi connectivity index (χ2v) is 5.35. The maximum Gasteiger partial charge on any atom is 0.133 e. The van der Waals surface area contributed by atoms with Crippen molar-refractivity contribution in [2.75, 3.05) is 11.4 Å². The molecule has 1 aromatic carbocycles. The standard InChI is InChI=1S/C14H11Cl2FN2/c15-11-3-1-10(12(17)7-11)8-19-6-5-9-2-4-13(16)18-14(9)19/h1-4,7H,5-6,8H2. The summed E-state index contributed by atoms with van der Waals surface area (Å²) in [5.41, 5.74) is 1.76. The summed E-state index contributed by atoms with van der Waals surface area (Å²) in [6, 6.07) is 8.50. The monoisotopic (exact) mass is 296 g/mol. The number of aromatic nitrogens is 1. The Labute approximate surface area is 120 Å². The average molecular weight is 297 g/mol. The van der Waals surface area contributed by atoms with E-state index >= 15 is 0 Å². The van der Waals surface area contributed by atoms with Crippen molar-refractivity contribution in [2.45, 2.75) is 13.0 Å². The second-order valence-electron chi connectivity index (χ2n) is 4.52. The number of rotatable bonds is 2. The van der Waals surface area contributed by atoms with Crippen molar-refractivity contribution in [2.24, 2.45) is 0 Å². The summed E-state index contributed by atoms with van der Waals surface area (Å²) >= 11 is 11.7. The summed E-state index contributed by atoms with van der Waals surface area (Å²) in [5, 5.41) is 0.867. The normalized spacial score (nSPS) is 13.7. The number of anilines is 1. The first-order chi connectivity index (χ1) is 9.13. The van der Waals surface area contributed by atoms with Gasteiger partial charge in [-0.25, -0.2) is 9.37 Å². The van der Waals surface area contributed by atoms with Gasteiger partial charge in [-0.3, -0.25) is 0 Å². The van der Waals surface area contributed by atoms with E-state index in [4.69, 9.17) is 23.2 Å². The molecule has 0 radical (unpaired) electrons. The van der Waals surface area contributed by atoms with Gasteiger partial charge in [-0.1, -0.05) is 35.3 Å². The lowest BCUT2D eigenvalue weighted by molar-refractivity contribution is 0.605. The highest BCUT2D eigenvalue weighted by Crippen LogP contribution is 2.29. The first-order valence-corrected chi connectivity index (χ1v) is 6.73. The molecule has 1 aliphatic rings. The highest BCUT2D eigenvalue weighted by atomic mass is 35.5. The molecule has 0 atom stereocenters. The molecular formula is C14H11Cl2FN2. The Morgan fingerprint density at radius 3 is 2.84 bits per heavy atom. The molecule has 2 nitrogen and oxygen atoms in total. The SMILES string of the molecule is Fc1cc(Cl)ccc1CN1CCc2ccc(Cl)nc21. The fourth-order valence-corrected chi connectivity index (χ4v) is 2.60. The van der Waals surface area contributed by atoms with Crippen LogP contribution in [0, 0.1) is 5.82 Å². The Kier molecular flexibility index (Phi) is 3.33. The third-order valence-corrected chi connectivity index (χ3v) is 3.69. The largest absolute Gasteiger partial charge is 0.352 e. The van der Waals surface area contributed by atoms with E-state index in [-0.39, 0.29) is 5.82 Å². The lowest BCUT2D eigenvalue weighted by Gasteiger charge is -2.18. The lowest BCUT2D eigenvalue weighted by atomic mass is 10.2. The molecular weight excluding hydrogens is 286 g/mol. The topological polar surface area (TPSA) is 16.1 Å². The van der Waals surface area contributed by atoms with Crippen LogP contribution in [0.5, 0.6) is 0 Å². The Morgan fingerprint density at radius 2 is 2.05 bits per heavy atom. The summed E-state index contributed by atoms with van der Waals surface area (Å²) in [4.78, 5) is 6.36. The Bertz CT molecular complexity index is 631. The van der Waals surface area contributed by atoms with Gasteiger partial charge >= 0.3 is 0 Å². The van der Waals surface area contributed by atoms with E-state index in [0.29, 0.717) is 22.3 Å². The predicted octanol–water partition coefficient (Wildman–Crippen LogP) is 4.09. The van der Waals surface area contributed by atoms with Gasteiger partial charge in [0.1, 0.15) is 16.8 Å². The van der Waals surface area contributed by atoms with Crippen molar-refractivity contribution >= 4 is 29.0 Å². The number of nitrogens with zero attached hydrogens (tertiary/aromatic N) is 2. The number of hydrogen-bond donors (Lipinski definition) is 0. The van der Waals surface area contributed by atoms with Crippen molar-refractivity contribution in [3.8, 4) is 0 Å². The molecule has 0 fully saturated rings. The van der Waals surface area contributed by atoms with Crippen LogP contribution >= 0.6 is 23.2 Å². The van der Waals surface area contributed by atoms with E-state index in [0.717, 1.165) is 24.3 Å². The summed E-state index contributed by atoms with van der Waals surface area (Å²) in [6.07, 6.45) is 0.911. The van der Waals surface area contributed by atoms with Gasteiger partial charge in [0.25, 0.3) is 0 Å². The zero-order valence-corrected chi connectivity index (χ0v) is 11.5. The quantitative estimate of drug-likeness (QED) is 0.776. The van der Waals surface area contributed by atoms with E-state index in [1.54, 1.807) is 18.2 Å². The molecule has 5 heteroatoms. The molecule has 2 heterocycles. The number of pyridine rings is 1. The van der Waals surface area contributed by atoms with Crippen LogP contribution in [0.1, 0.15) is 11.1 Å². The molecule has 19 heavy (non-hydrogen) atoms.